The molecule has 8 heteroatoms. The molecule has 44 heavy (non-hydrogen) atoms. The van der Waals surface area contributed by atoms with Gasteiger partial charge in [-0.1, -0.05) is 63.6 Å². The number of hydrogen-bond acceptors (Lipinski definition) is 6. The lowest BCUT2D eigenvalue weighted by molar-refractivity contribution is 0.0559. The Bertz CT molecular complexity index is 1210. The van der Waals surface area contributed by atoms with Crippen LogP contribution in [0, 0.1) is 29.0 Å². The average Bonchev–Trinajstić information content (AvgIpc) is 3.39. The molecule has 1 aromatic rings. The van der Waals surface area contributed by atoms with Gasteiger partial charge in [0.1, 0.15) is 11.2 Å². The van der Waals surface area contributed by atoms with E-state index in [0.29, 0.717) is 24.3 Å². The number of piperidine rings is 1. The van der Waals surface area contributed by atoms with Crippen LogP contribution in [0.5, 0.6) is 0 Å². The third kappa shape index (κ3) is 7.55. The highest BCUT2D eigenvalue weighted by Gasteiger charge is 2.61. The van der Waals surface area contributed by atoms with Gasteiger partial charge >= 0.3 is 6.09 Å². The Labute approximate surface area is 265 Å². The molecule has 0 bridgehead atoms. The van der Waals surface area contributed by atoms with E-state index in [-0.39, 0.29) is 11.7 Å². The molecule has 1 saturated carbocycles. The molecule has 7 nitrogen and oxygen atoms in total. The number of allylic oxidation sites excluding steroid dienone is 4. The van der Waals surface area contributed by atoms with Gasteiger partial charge < -0.3 is 25.6 Å². The lowest BCUT2D eigenvalue weighted by Gasteiger charge is -2.52. The van der Waals surface area contributed by atoms with E-state index in [0.717, 1.165) is 70.5 Å². The largest absolute Gasteiger partial charge is 0.453 e. The molecule has 3 fully saturated rings. The van der Waals surface area contributed by atoms with Gasteiger partial charge in [-0.15, -0.1) is 0 Å². The fraction of sp³-hybridized carbons (Fsp3) is 0.611. The number of benzene rings is 1. The third-order valence-electron chi connectivity index (χ3n) is 9.85. The van der Waals surface area contributed by atoms with Crippen LogP contribution in [-0.4, -0.2) is 67.3 Å². The van der Waals surface area contributed by atoms with E-state index < -0.39 is 23.1 Å². The summed E-state index contributed by atoms with van der Waals surface area (Å²) in [6, 6.07) is 8.53. The van der Waals surface area contributed by atoms with E-state index in [1.165, 1.54) is 24.8 Å². The van der Waals surface area contributed by atoms with E-state index in [9.17, 15) is 14.4 Å². The van der Waals surface area contributed by atoms with E-state index in [4.69, 9.17) is 10.5 Å². The maximum atomic E-state index is 14.6. The average molecular weight is 608 g/mol. The van der Waals surface area contributed by atoms with Gasteiger partial charge in [0.15, 0.2) is 0 Å². The summed E-state index contributed by atoms with van der Waals surface area (Å²) in [5.74, 6) is 0.121. The van der Waals surface area contributed by atoms with E-state index in [2.05, 4.69) is 59.8 Å². The Kier molecular flexibility index (Phi) is 13.0. The second kappa shape index (κ2) is 16.2. The van der Waals surface area contributed by atoms with Crippen LogP contribution in [0.2, 0.25) is 0 Å². The molecule has 0 radical (unpaired) electrons. The highest BCUT2D eigenvalue weighted by Crippen LogP contribution is 2.51. The van der Waals surface area contributed by atoms with Crippen LogP contribution in [0.1, 0.15) is 78.2 Å². The molecule has 0 aromatic heterocycles. The van der Waals surface area contributed by atoms with Gasteiger partial charge in [-0.2, -0.15) is 5.26 Å². The Morgan fingerprint density at radius 1 is 1.27 bits per heavy atom. The van der Waals surface area contributed by atoms with Crippen molar-refractivity contribution >= 4 is 6.09 Å². The zero-order valence-electron chi connectivity index (χ0n) is 27.6. The lowest BCUT2D eigenvalue weighted by Crippen LogP contribution is -2.69. The highest BCUT2D eigenvalue weighted by atomic mass is 19.1. The van der Waals surface area contributed by atoms with Gasteiger partial charge in [-0.25, -0.2) is 9.18 Å². The van der Waals surface area contributed by atoms with Gasteiger partial charge in [0, 0.05) is 31.2 Å². The van der Waals surface area contributed by atoms with Crippen molar-refractivity contribution in [1.82, 2.24) is 15.1 Å². The van der Waals surface area contributed by atoms with Gasteiger partial charge in [-0.05, 0) is 88.2 Å². The number of carbonyl (C=O) groups excluding carboxylic acids is 1. The highest BCUT2D eigenvalue weighted by molar-refractivity contribution is 5.68. The summed E-state index contributed by atoms with van der Waals surface area (Å²) >= 11 is 0. The molecule has 2 aliphatic heterocycles. The standard InChI is InChI=1S/C34H48FN5O2.C2H6/c1-5-9-26(6-2)14-13-25(3)40-22-27(23-40)21-39-18-15-28(16-19-39)33(24-36,29-10-7-11-30(35)20-29)34(37)17-8-12-31(34)38-32(41)42-4;1-2/h6-7,10-11,13-14,20,27-28,31H,3,5,8-9,12,15-19,21-23,37H2,1-2,4H3,(H,38,41);1-2H3/b14-13-,26-6-;. The number of halogens is 1. The van der Waals surface area contributed by atoms with Crippen LogP contribution in [-0.2, 0) is 10.2 Å². The van der Waals surface area contributed by atoms with Crippen molar-refractivity contribution < 1.29 is 13.9 Å². The Hall–Kier alpha value is -3.15. The molecule has 2 heterocycles. The SMILES string of the molecule is C=C(/C=C\C(=C/C)CCC)N1CC(CN2CCC(C(C#N)(c3cccc(F)c3)C3(N)CCCC3NC(=O)OC)CC2)C1.CC. The summed E-state index contributed by atoms with van der Waals surface area (Å²) in [6.45, 7) is 17.3. The van der Waals surface area contributed by atoms with E-state index in [1.54, 1.807) is 6.07 Å². The molecule has 3 atom stereocenters. The van der Waals surface area contributed by atoms with Gasteiger partial charge in [-0.3, -0.25) is 0 Å². The summed E-state index contributed by atoms with van der Waals surface area (Å²) in [6.07, 6.45) is 11.7. The van der Waals surface area contributed by atoms with Gasteiger partial charge in [0.2, 0.25) is 0 Å². The summed E-state index contributed by atoms with van der Waals surface area (Å²) in [5.41, 5.74) is 8.02. The Morgan fingerprint density at radius 2 is 1.98 bits per heavy atom. The summed E-state index contributed by atoms with van der Waals surface area (Å²) < 4.78 is 19.5. The smallest absolute Gasteiger partial charge is 0.407 e. The van der Waals surface area contributed by atoms with E-state index >= 15 is 0 Å². The fourth-order valence-electron chi connectivity index (χ4n) is 7.54. The molecule has 3 unspecified atom stereocenters. The second-order valence-corrected chi connectivity index (χ2v) is 12.3. The van der Waals surface area contributed by atoms with Crippen LogP contribution < -0.4 is 11.1 Å². The zero-order chi connectivity index (χ0) is 32.3. The van der Waals surface area contributed by atoms with Gasteiger partial charge in [0.25, 0.3) is 0 Å². The summed E-state index contributed by atoms with van der Waals surface area (Å²) in [5, 5.41) is 13.8. The number of ether oxygens (including phenoxy) is 1. The number of hydrogen-bond donors (Lipinski definition) is 2. The minimum Gasteiger partial charge on any atom is -0.453 e. The first kappa shape index (κ1) is 35.3. The predicted octanol–water partition coefficient (Wildman–Crippen LogP) is 6.68. The quantitative estimate of drug-likeness (QED) is 0.273. The van der Waals surface area contributed by atoms with Crippen molar-refractivity contribution in [1.29, 1.82) is 5.26 Å². The number of alkyl carbamates (subject to hydrolysis) is 1. The van der Waals surface area contributed by atoms with Crippen LogP contribution >= 0.6 is 0 Å². The van der Waals surface area contributed by atoms with Crippen molar-refractivity contribution in [3.8, 4) is 6.07 Å². The number of nitrogens with two attached hydrogens (primary N) is 1. The van der Waals surface area contributed by atoms with Crippen LogP contribution in [0.3, 0.4) is 0 Å². The maximum absolute atomic E-state index is 14.6. The number of nitriles is 1. The molecule has 0 spiro atoms. The summed E-state index contributed by atoms with van der Waals surface area (Å²) in [7, 11) is 1.32. The molecule has 1 amide bonds. The monoisotopic (exact) mass is 607 g/mol. The maximum Gasteiger partial charge on any atom is 0.407 e. The second-order valence-electron chi connectivity index (χ2n) is 12.3. The van der Waals surface area contributed by atoms with Crippen molar-refractivity contribution in [3.63, 3.8) is 0 Å². The Morgan fingerprint density at radius 3 is 2.57 bits per heavy atom. The number of nitrogens with one attached hydrogen (secondary N) is 1. The van der Waals surface area contributed by atoms with Crippen LogP contribution in [0.4, 0.5) is 9.18 Å². The number of amides is 1. The van der Waals surface area contributed by atoms with E-state index in [1.807, 2.05) is 19.9 Å². The van der Waals surface area contributed by atoms with Crippen LogP contribution in [0.15, 0.2) is 60.3 Å². The van der Waals surface area contributed by atoms with Crippen molar-refractivity contribution in [3.05, 3.63) is 71.7 Å². The topological polar surface area (TPSA) is 94.6 Å². The number of methoxy groups -OCH3 is 1. The normalized spacial score (nSPS) is 24.5. The molecular weight excluding hydrogens is 553 g/mol. The van der Waals surface area contributed by atoms with Crippen LogP contribution in [0.25, 0.3) is 0 Å². The number of carbonyl (C=O) groups is 1. The number of likely N-dealkylation sites (tertiary alicyclic amines) is 2. The Balaban J connectivity index is 0.00000259. The zero-order valence-corrected chi connectivity index (χ0v) is 27.6. The fourth-order valence-corrected chi connectivity index (χ4v) is 7.54. The lowest BCUT2D eigenvalue weighted by atomic mass is 9.55. The van der Waals surface area contributed by atoms with Crippen molar-refractivity contribution in [2.75, 3.05) is 39.8 Å². The minimum atomic E-state index is -1.15. The molecular formula is C36H54FN5O2. The third-order valence-corrected chi connectivity index (χ3v) is 9.85. The first-order valence-corrected chi connectivity index (χ1v) is 16.5. The molecule has 4 rings (SSSR count). The number of nitrogens with zero attached hydrogens (tertiary/aromatic N) is 3. The van der Waals surface area contributed by atoms with Gasteiger partial charge in [0.05, 0.1) is 24.8 Å². The molecule has 3 aliphatic rings. The molecule has 242 valence electrons. The molecule has 1 aromatic carbocycles. The molecule has 2 saturated heterocycles. The first-order chi connectivity index (χ1) is 21.2. The predicted molar refractivity (Wildman–Crippen MR) is 176 cm³/mol. The van der Waals surface area contributed by atoms with Crippen molar-refractivity contribution in [2.45, 2.75) is 89.6 Å². The molecule has 1 aliphatic carbocycles. The minimum absolute atomic E-state index is 0.0719. The summed E-state index contributed by atoms with van der Waals surface area (Å²) in [4.78, 5) is 17.1. The first-order valence-electron chi connectivity index (χ1n) is 16.5. The molecule has 3 N–H and O–H groups in total. The number of rotatable bonds is 11. The van der Waals surface area contributed by atoms with Crippen molar-refractivity contribution in [2.24, 2.45) is 17.6 Å².